The summed E-state index contributed by atoms with van der Waals surface area (Å²) in [5.41, 5.74) is 2.64. The highest BCUT2D eigenvalue weighted by Gasteiger charge is 2.35. The van der Waals surface area contributed by atoms with Crippen molar-refractivity contribution in [1.29, 1.82) is 0 Å². The van der Waals surface area contributed by atoms with Crippen LogP contribution in [0.1, 0.15) is 63.5 Å². The molecule has 1 saturated heterocycles. The number of esters is 1. The highest BCUT2D eigenvalue weighted by Crippen LogP contribution is 2.39. The van der Waals surface area contributed by atoms with Gasteiger partial charge in [0.05, 0.1) is 25.7 Å². The van der Waals surface area contributed by atoms with Crippen LogP contribution in [0.25, 0.3) is 0 Å². The van der Waals surface area contributed by atoms with Crippen LogP contribution in [0, 0.1) is 5.92 Å². The average Bonchev–Trinajstić information content (AvgIpc) is 2.87. The lowest BCUT2D eigenvalue weighted by molar-refractivity contribution is -0.161. The molecule has 2 aliphatic rings. The van der Waals surface area contributed by atoms with Gasteiger partial charge in [0, 0.05) is 18.8 Å². The molecule has 0 aromatic heterocycles. The van der Waals surface area contributed by atoms with Crippen LogP contribution in [0.5, 0.6) is 0 Å². The first-order valence-electron chi connectivity index (χ1n) is 12.8. The molecule has 0 spiro atoms. The number of hydrogen-bond donors (Lipinski definition) is 0. The second kappa shape index (κ2) is 11.3. The highest BCUT2D eigenvalue weighted by atomic mass is 16.6. The molecule has 0 N–H and O–H groups in total. The van der Waals surface area contributed by atoms with Crippen LogP contribution in [0.3, 0.4) is 0 Å². The topological polar surface area (TPSA) is 59.1 Å². The maximum absolute atomic E-state index is 13.4. The van der Waals surface area contributed by atoms with E-state index >= 15 is 0 Å². The molecule has 0 bridgehead atoms. The van der Waals surface area contributed by atoms with E-state index in [4.69, 9.17) is 9.47 Å². The fourth-order valence-electron chi connectivity index (χ4n) is 5.04. The number of ether oxygens (including phenoxy) is 2. The quantitative estimate of drug-likeness (QED) is 0.513. The van der Waals surface area contributed by atoms with E-state index in [1.165, 1.54) is 5.56 Å². The Labute approximate surface area is 209 Å². The number of amides is 2. The number of carbonyl (C=O) groups excluding carboxylic acids is 2. The molecule has 2 atom stereocenters. The van der Waals surface area contributed by atoms with Gasteiger partial charge in [-0.05, 0) is 62.8 Å². The van der Waals surface area contributed by atoms with Gasteiger partial charge in [-0.1, -0.05) is 55.3 Å². The van der Waals surface area contributed by atoms with Gasteiger partial charge in [-0.2, -0.15) is 0 Å². The molecule has 6 nitrogen and oxygen atoms in total. The lowest BCUT2D eigenvalue weighted by Crippen LogP contribution is -2.48. The third-order valence-electron chi connectivity index (χ3n) is 6.80. The van der Waals surface area contributed by atoms with Crippen LogP contribution < -0.4 is 4.90 Å². The summed E-state index contributed by atoms with van der Waals surface area (Å²) < 4.78 is 11.2. The van der Waals surface area contributed by atoms with Gasteiger partial charge in [-0.15, -0.1) is 0 Å². The van der Waals surface area contributed by atoms with Crippen molar-refractivity contribution in [2.75, 3.05) is 31.2 Å². The van der Waals surface area contributed by atoms with E-state index in [1.807, 2.05) is 60.9 Å². The zero-order valence-corrected chi connectivity index (χ0v) is 21.2. The first-order chi connectivity index (χ1) is 16.8. The van der Waals surface area contributed by atoms with Gasteiger partial charge >= 0.3 is 12.0 Å². The molecule has 2 aromatic carbocycles. The molecule has 188 valence electrons. The van der Waals surface area contributed by atoms with Crippen LogP contribution in [0.4, 0.5) is 10.5 Å². The summed E-state index contributed by atoms with van der Waals surface area (Å²) in [4.78, 5) is 30.0. The Hall–Kier alpha value is -2.86. The number of urea groups is 1. The van der Waals surface area contributed by atoms with Crippen LogP contribution in [-0.4, -0.2) is 48.8 Å². The normalized spacial score (nSPS) is 20.8. The molecular weight excluding hydrogens is 440 g/mol. The van der Waals surface area contributed by atoms with E-state index in [-0.39, 0.29) is 23.8 Å². The van der Waals surface area contributed by atoms with Gasteiger partial charge in [0.2, 0.25) is 0 Å². The molecule has 1 aliphatic heterocycles. The first kappa shape index (κ1) is 25.2. The van der Waals surface area contributed by atoms with Crippen molar-refractivity contribution in [3.05, 3.63) is 65.7 Å². The predicted octanol–water partition coefficient (Wildman–Crippen LogP) is 5.76. The Kier molecular flexibility index (Phi) is 8.11. The average molecular weight is 479 g/mol. The van der Waals surface area contributed by atoms with Gasteiger partial charge < -0.3 is 14.4 Å². The van der Waals surface area contributed by atoms with E-state index in [1.54, 1.807) is 0 Å². The fraction of sp³-hybridized carbons (Fsp3) is 0.517. The van der Waals surface area contributed by atoms with E-state index < -0.39 is 5.60 Å². The summed E-state index contributed by atoms with van der Waals surface area (Å²) in [6.07, 6.45) is 4.06. The smallest absolute Gasteiger partial charge is 0.324 e. The number of benzene rings is 2. The zero-order chi connectivity index (χ0) is 24.8. The zero-order valence-electron chi connectivity index (χ0n) is 21.2. The minimum atomic E-state index is -0.475. The van der Waals surface area contributed by atoms with Crippen LogP contribution in [0.15, 0.2) is 54.6 Å². The fourth-order valence-corrected chi connectivity index (χ4v) is 5.04. The third kappa shape index (κ3) is 6.63. The summed E-state index contributed by atoms with van der Waals surface area (Å²) in [5, 5.41) is 0. The number of rotatable bonds is 5. The van der Waals surface area contributed by atoms with Crippen molar-refractivity contribution in [2.45, 2.75) is 64.5 Å². The maximum Gasteiger partial charge on any atom is 0.324 e. The Morgan fingerprint density at radius 3 is 2.29 bits per heavy atom. The van der Waals surface area contributed by atoms with Crippen molar-refractivity contribution < 1.29 is 19.1 Å². The van der Waals surface area contributed by atoms with E-state index in [0.29, 0.717) is 32.8 Å². The minimum Gasteiger partial charge on any atom is -0.460 e. The summed E-state index contributed by atoms with van der Waals surface area (Å²) in [5.74, 6) is -0.0111. The summed E-state index contributed by atoms with van der Waals surface area (Å²) in [6, 6.07) is 18.3. The van der Waals surface area contributed by atoms with Gasteiger partial charge in [0.15, 0.2) is 0 Å². The largest absolute Gasteiger partial charge is 0.460 e. The SMILES string of the molecule is CC(C)(C)OC(=O)[C@@H]1CCCC[C@H]1c1ccc(CN(C(=O)N2CCOCC2)c2ccccc2)cc1. The molecule has 4 rings (SSSR count). The standard InChI is InChI=1S/C29H38N2O4/c1-29(2,3)35-27(32)26-12-8-7-11-25(26)23-15-13-22(14-16-23)21-31(24-9-5-4-6-10-24)28(33)30-17-19-34-20-18-30/h4-6,9-10,13-16,25-26H,7-8,11-12,17-21H2,1-3H3/t25-,26+/m0/s1. The second-order valence-electron chi connectivity index (χ2n) is 10.6. The molecule has 2 fully saturated rings. The highest BCUT2D eigenvalue weighted by molar-refractivity contribution is 5.92. The monoisotopic (exact) mass is 478 g/mol. The van der Waals surface area contributed by atoms with Gasteiger partial charge in [0.1, 0.15) is 5.60 Å². The van der Waals surface area contributed by atoms with Crippen LogP contribution >= 0.6 is 0 Å². The van der Waals surface area contributed by atoms with Crippen molar-refractivity contribution in [3.8, 4) is 0 Å². The Morgan fingerprint density at radius 1 is 0.971 bits per heavy atom. The van der Waals surface area contributed by atoms with Gasteiger partial charge in [0.25, 0.3) is 0 Å². The Balaban J connectivity index is 1.51. The lowest BCUT2D eigenvalue weighted by Gasteiger charge is -2.33. The summed E-state index contributed by atoms with van der Waals surface area (Å²) in [7, 11) is 0. The maximum atomic E-state index is 13.4. The van der Waals surface area contributed by atoms with E-state index in [2.05, 4.69) is 24.3 Å². The first-order valence-corrected chi connectivity index (χ1v) is 12.8. The van der Waals surface area contributed by atoms with E-state index in [0.717, 1.165) is 36.9 Å². The van der Waals surface area contributed by atoms with E-state index in [9.17, 15) is 9.59 Å². The van der Waals surface area contributed by atoms with Crippen LogP contribution in [-0.2, 0) is 20.8 Å². The van der Waals surface area contributed by atoms with Crippen molar-refractivity contribution >= 4 is 17.7 Å². The second-order valence-corrected chi connectivity index (χ2v) is 10.6. The number of para-hydroxylation sites is 1. The molecule has 0 radical (unpaired) electrons. The Morgan fingerprint density at radius 2 is 1.63 bits per heavy atom. The summed E-state index contributed by atoms with van der Waals surface area (Å²) >= 11 is 0. The minimum absolute atomic E-state index is 0.000784. The molecule has 2 amide bonds. The number of carbonyl (C=O) groups is 2. The number of hydrogen-bond acceptors (Lipinski definition) is 4. The molecular formula is C29H38N2O4. The Bertz CT molecular complexity index is 978. The molecule has 0 unspecified atom stereocenters. The third-order valence-corrected chi connectivity index (χ3v) is 6.80. The predicted molar refractivity (Wildman–Crippen MR) is 137 cm³/mol. The molecule has 2 aromatic rings. The molecule has 1 aliphatic carbocycles. The van der Waals surface area contributed by atoms with Crippen molar-refractivity contribution in [3.63, 3.8) is 0 Å². The molecule has 6 heteroatoms. The number of anilines is 1. The number of morpholine rings is 1. The van der Waals surface area contributed by atoms with Crippen molar-refractivity contribution in [2.24, 2.45) is 5.92 Å². The summed E-state index contributed by atoms with van der Waals surface area (Å²) in [6.45, 7) is 8.62. The molecule has 1 heterocycles. The number of nitrogens with zero attached hydrogens (tertiary/aromatic N) is 2. The van der Waals surface area contributed by atoms with Crippen molar-refractivity contribution in [1.82, 2.24) is 4.90 Å². The van der Waals surface area contributed by atoms with Gasteiger partial charge in [-0.25, -0.2) is 4.79 Å². The lowest BCUT2D eigenvalue weighted by atomic mass is 9.75. The molecule has 35 heavy (non-hydrogen) atoms. The van der Waals surface area contributed by atoms with Crippen LogP contribution in [0.2, 0.25) is 0 Å². The molecule has 1 saturated carbocycles. The van der Waals surface area contributed by atoms with Gasteiger partial charge in [-0.3, -0.25) is 9.69 Å².